The van der Waals surface area contributed by atoms with Gasteiger partial charge < -0.3 is 0 Å². The molecular weight excluding hydrogens is 156 g/mol. The van der Waals surface area contributed by atoms with Crippen LogP contribution in [0.3, 0.4) is 0 Å². The van der Waals surface area contributed by atoms with Crippen molar-refractivity contribution in [2.24, 2.45) is 0 Å². The van der Waals surface area contributed by atoms with Crippen LogP contribution in [0, 0.1) is 0 Å². The number of hydrogen-bond donors (Lipinski definition) is 1. The maximum absolute atomic E-state index is 10.5. The Labute approximate surface area is 73.3 Å². The molecule has 0 aromatic rings. The first-order valence-corrected chi connectivity index (χ1v) is 4.63. The van der Waals surface area contributed by atoms with Crippen molar-refractivity contribution in [3.05, 3.63) is 11.6 Å². The second-order valence-corrected chi connectivity index (χ2v) is 3.50. The normalized spacial score (nSPS) is 17.7. The van der Waals surface area contributed by atoms with Gasteiger partial charge in [0.15, 0.2) is 5.12 Å². The monoisotopic (exact) mass is 170 g/mol. The first-order chi connectivity index (χ1) is 5.29. The Balaban J connectivity index is 2.24. The summed E-state index contributed by atoms with van der Waals surface area (Å²) in [5.41, 5.74) is 1.46. The topological polar surface area (TPSA) is 17.1 Å². The van der Waals surface area contributed by atoms with E-state index in [9.17, 15) is 4.79 Å². The van der Waals surface area contributed by atoms with Gasteiger partial charge in [-0.05, 0) is 32.1 Å². The van der Waals surface area contributed by atoms with Gasteiger partial charge >= 0.3 is 0 Å². The maximum atomic E-state index is 10.5. The van der Waals surface area contributed by atoms with Crippen LogP contribution in [0.5, 0.6) is 0 Å². The summed E-state index contributed by atoms with van der Waals surface area (Å²) < 4.78 is 0. The van der Waals surface area contributed by atoms with E-state index in [2.05, 4.69) is 18.7 Å². The summed E-state index contributed by atoms with van der Waals surface area (Å²) in [5, 5.41) is 0.0106. The first kappa shape index (κ1) is 8.85. The molecule has 0 aliphatic heterocycles. The van der Waals surface area contributed by atoms with Crippen molar-refractivity contribution < 1.29 is 4.79 Å². The SMILES string of the molecule is O=C(S)CCC1=CCCCC1. The quantitative estimate of drug-likeness (QED) is 0.509. The van der Waals surface area contributed by atoms with E-state index in [1.165, 1.54) is 31.3 Å². The molecule has 1 rings (SSSR count). The summed E-state index contributed by atoms with van der Waals surface area (Å²) >= 11 is 3.73. The van der Waals surface area contributed by atoms with Crippen LogP contribution in [0.1, 0.15) is 38.5 Å². The molecule has 2 heteroatoms. The molecule has 0 aromatic carbocycles. The molecular formula is C9H14OS. The number of hydrogen-bond acceptors (Lipinski definition) is 1. The van der Waals surface area contributed by atoms with Crippen LogP contribution >= 0.6 is 12.6 Å². The number of rotatable bonds is 3. The smallest absolute Gasteiger partial charge is 0.186 e. The second kappa shape index (κ2) is 4.60. The highest BCUT2D eigenvalue weighted by molar-refractivity contribution is 7.96. The Morgan fingerprint density at radius 2 is 2.36 bits per heavy atom. The average molecular weight is 170 g/mol. The van der Waals surface area contributed by atoms with E-state index in [0.29, 0.717) is 6.42 Å². The highest BCUT2D eigenvalue weighted by Crippen LogP contribution is 2.21. The standard InChI is InChI=1S/C9H14OS/c10-9(11)7-6-8-4-2-1-3-5-8/h4H,1-3,5-7H2,(H,10,11). The molecule has 0 saturated carbocycles. The molecule has 0 saturated heterocycles. The summed E-state index contributed by atoms with van der Waals surface area (Å²) in [6.45, 7) is 0. The maximum Gasteiger partial charge on any atom is 0.186 e. The van der Waals surface area contributed by atoms with Gasteiger partial charge in [0, 0.05) is 6.42 Å². The minimum absolute atomic E-state index is 0.0106. The molecule has 0 aromatic heterocycles. The van der Waals surface area contributed by atoms with Crippen molar-refractivity contribution in [1.29, 1.82) is 0 Å². The molecule has 11 heavy (non-hydrogen) atoms. The molecule has 0 atom stereocenters. The molecule has 0 spiro atoms. The number of allylic oxidation sites excluding steroid dienone is 2. The average Bonchev–Trinajstić information content (AvgIpc) is 2.03. The third-order valence-electron chi connectivity index (χ3n) is 2.05. The molecule has 0 radical (unpaired) electrons. The lowest BCUT2D eigenvalue weighted by molar-refractivity contribution is -0.110. The summed E-state index contributed by atoms with van der Waals surface area (Å²) in [6, 6.07) is 0. The van der Waals surface area contributed by atoms with Crippen LogP contribution in [-0.4, -0.2) is 5.12 Å². The fourth-order valence-electron chi connectivity index (χ4n) is 1.40. The van der Waals surface area contributed by atoms with E-state index in [0.717, 1.165) is 6.42 Å². The van der Waals surface area contributed by atoms with Gasteiger partial charge in [-0.3, -0.25) is 4.79 Å². The van der Waals surface area contributed by atoms with Crippen LogP contribution in [0.4, 0.5) is 0 Å². The van der Waals surface area contributed by atoms with Crippen molar-refractivity contribution >= 4 is 17.7 Å². The van der Waals surface area contributed by atoms with Crippen molar-refractivity contribution in [1.82, 2.24) is 0 Å². The summed E-state index contributed by atoms with van der Waals surface area (Å²) in [6.07, 6.45) is 8.83. The highest BCUT2D eigenvalue weighted by Gasteiger charge is 2.04. The van der Waals surface area contributed by atoms with Gasteiger partial charge in [-0.25, -0.2) is 0 Å². The summed E-state index contributed by atoms with van der Waals surface area (Å²) in [7, 11) is 0. The Hall–Kier alpha value is -0.240. The van der Waals surface area contributed by atoms with Gasteiger partial charge in [-0.2, -0.15) is 0 Å². The van der Waals surface area contributed by atoms with Gasteiger partial charge in [0.2, 0.25) is 0 Å². The Bertz CT molecular complexity index is 172. The van der Waals surface area contributed by atoms with Crippen molar-refractivity contribution in [2.75, 3.05) is 0 Å². The number of carbonyl (C=O) groups excluding carboxylic acids is 1. The lowest BCUT2D eigenvalue weighted by Gasteiger charge is -2.10. The fraction of sp³-hybridized carbons (Fsp3) is 0.667. The molecule has 0 amide bonds. The van der Waals surface area contributed by atoms with Crippen LogP contribution in [0.2, 0.25) is 0 Å². The predicted molar refractivity (Wildman–Crippen MR) is 49.8 cm³/mol. The summed E-state index contributed by atoms with van der Waals surface area (Å²) in [5.74, 6) is 0. The van der Waals surface area contributed by atoms with E-state index in [4.69, 9.17) is 0 Å². The Kier molecular flexibility index (Phi) is 3.70. The lowest BCUT2D eigenvalue weighted by atomic mass is 9.96. The van der Waals surface area contributed by atoms with Crippen LogP contribution in [-0.2, 0) is 4.79 Å². The fourth-order valence-corrected chi connectivity index (χ4v) is 1.51. The van der Waals surface area contributed by atoms with E-state index < -0.39 is 0 Å². The van der Waals surface area contributed by atoms with E-state index in [-0.39, 0.29) is 5.12 Å². The van der Waals surface area contributed by atoms with Crippen molar-refractivity contribution in [2.45, 2.75) is 38.5 Å². The molecule has 1 aliphatic carbocycles. The molecule has 1 nitrogen and oxygen atoms in total. The Morgan fingerprint density at radius 3 is 2.91 bits per heavy atom. The van der Waals surface area contributed by atoms with E-state index in [1.54, 1.807) is 0 Å². The Morgan fingerprint density at radius 1 is 1.55 bits per heavy atom. The molecule has 0 N–H and O–H groups in total. The van der Waals surface area contributed by atoms with E-state index >= 15 is 0 Å². The van der Waals surface area contributed by atoms with Gasteiger partial charge in [0.1, 0.15) is 0 Å². The minimum Gasteiger partial charge on any atom is -0.287 e. The van der Waals surface area contributed by atoms with Gasteiger partial charge in [0.05, 0.1) is 0 Å². The molecule has 62 valence electrons. The zero-order valence-corrected chi connectivity index (χ0v) is 7.57. The van der Waals surface area contributed by atoms with E-state index in [1.807, 2.05) is 0 Å². The number of carbonyl (C=O) groups is 1. The molecule has 0 heterocycles. The third-order valence-corrected chi connectivity index (χ3v) is 2.27. The van der Waals surface area contributed by atoms with Crippen LogP contribution in [0.15, 0.2) is 11.6 Å². The van der Waals surface area contributed by atoms with Gasteiger partial charge in [-0.1, -0.05) is 11.6 Å². The molecule has 1 aliphatic rings. The second-order valence-electron chi connectivity index (χ2n) is 3.00. The largest absolute Gasteiger partial charge is 0.287 e. The molecule has 0 unspecified atom stereocenters. The molecule has 0 bridgehead atoms. The van der Waals surface area contributed by atoms with Crippen LogP contribution < -0.4 is 0 Å². The highest BCUT2D eigenvalue weighted by atomic mass is 32.1. The van der Waals surface area contributed by atoms with Crippen molar-refractivity contribution in [3.8, 4) is 0 Å². The lowest BCUT2D eigenvalue weighted by Crippen LogP contribution is -1.94. The minimum atomic E-state index is 0.0106. The zero-order chi connectivity index (χ0) is 8.10. The van der Waals surface area contributed by atoms with Gasteiger partial charge in [-0.15, -0.1) is 12.6 Å². The van der Waals surface area contributed by atoms with Gasteiger partial charge in [0.25, 0.3) is 0 Å². The third kappa shape index (κ3) is 3.61. The summed E-state index contributed by atoms with van der Waals surface area (Å²) in [4.78, 5) is 10.5. The van der Waals surface area contributed by atoms with Crippen molar-refractivity contribution in [3.63, 3.8) is 0 Å². The predicted octanol–water partition coefficient (Wildman–Crippen LogP) is 2.72. The molecule has 0 fully saturated rings. The number of thiol groups is 1. The van der Waals surface area contributed by atoms with Crippen LogP contribution in [0.25, 0.3) is 0 Å². The first-order valence-electron chi connectivity index (χ1n) is 4.19. The zero-order valence-electron chi connectivity index (χ0n) is 6.68.